The molecule has 0 aliphatic carbocycles. The molecule has 0 heterocycles. The molecule has 3 N–H and O–H groups in total. The van der Waals surface area contributed by atoms with Crippen molar-refractivity contribution in [1.82, 2.24) is 0 Å². The van der Waals surface area contributed by atoms with Crippen LogP contribution in [0.3, 0.4) is 0 Å². The highest BCUT2D eigenvalue weighted by Crippen LogP contribution is 2.32. The summed E-state index contributed by atoms with van der Waals surface area (Å²) >= 11 is 5.37. The minimum atomic E-state index is -0.833. The zero-order chi connectivity index (χ0) is 12.1. The number of anilines is 1. The average Bonchev–Trinajstić information content (AvgIpc) is 2.26. The molecule has 0 radical (unpaired) electrons. The first-order chi connectivity index (χ1) is 7.56. The van der Waals surface area contributed by atoms with E-state index < -0.39 is 11.0 Å². The van der Waals surface area contributed by atoms with E-state index in [0.717, 1.165) is 0 Å². The van der Waals surface area contributed by atoms with Gasteiger partial charge in [0.1, 0.15) is 5.75 Å². The molecule has 0 amide bonds. The Labute approximate surface area is 96.6 Å². The summed E-state index contributed by atoms with van der Waals surface area (Å²) in [7, 11) is 0. The lowest BCUT2D eigenvalue weighted by Gasteiger charge is -2.11. The van der Waals surface area contributed by atoms with Crippen LogP contribution in [0.1, 0.15) is 0 Å². The van der Waals surface area contributed by atoms with Crippen LogP contribution in [0.4, 0.5) is 11.4 Å². The number of nitro benzene ring substituents is 1. The number of para-hydroxylation sites is 1. The number of hydrogen-bond donors (Lipinski definition) is 3. The van der Waals surface area contributed by atoms with E-state index >= 15 is 0 Å². The standard InChI is InChI=1S/C9H11ClN2O4/c10-4-6(13)5-11-9-7(12(15)16)2-1-3-8(9)14/h1-3,6,11,13-14H,4-5H2. The molecular formula is C9H11ClN2O4. The monoisotopic (exact) mass is 246 g/mol. The van der Waals surface area contributed by atoms with Crippen LogP contribution >= 0.6 is 11.6 Å². The largest absolute Gasteiger partial charge is 0.506 e. The molecule has 1 atom stereocenters. The number of aliphatic hydroxyl groups excluding tert-OH is 1. The molecule has 0 bridgehead atoms. The highest BCUT2D eigenvalue weighted by atomic mass is 35.5. The van der Waals surface area contributed by atoms with Gasteiger partial charge in [-0.1, -0.05) is 6.07 Å². The van der Waals surface area contributed by atoms with Gasteiger partial charge in [-0.2, -0.15) is 0 Å². The summed E-state index contributed by atoms with van der Waals surface area (Å²) in [5, 5.41) is 31.9. The molecule has 7 heteroatoms. The van der Waals surface area contributed by atoms with Crippen LogP contribution in [-0.2, 0) is 0 Å². The van der Waals surface area contributed by atoms with E-state index in [1.165, 1.54) is 18.2 Å². The van der Waals surface area contributed by atoms with Gasteiger partial charge >= 0.3 is 0 Å². The van der Waals surface area contributed by atoms with Gasteiger partial charge in [0, 0.05) is 12.6 Å². The maximum absolute atomic E-state index is 10.7. The molecule has 1 unspecified atom stereocenters. The van der Waals surface area contributed by atoms with E-state index in [0.29, 0.717) is 0 Å². The topological polar surface area (TPSA) is 95.6 Å². The van der Waals surface area contributed by atoms with Crippen LogP contribution in [0.15, 0.2) is 18.2 Å². The lowest BCUT2D eigenvalue weighted by atomic mass is 10.2. The summed E-state index contributed by atoms with van der Waals surface area (Å²) in [6.45, 7) is 0.0297. The van der Waals surface area contributed by atoms with Gasteiger partial charge in [-0.3, -0.25) is 10.1 Å². The Hall–Kier alpha value is -1.53. The first-order valence-electron chi connectivity index (χ1n) is 4.50. The fourth-order valence-electron chi connectivity index (χ4n) is 1.14. The zero-order valence-electron chi connectivity index (χ0n) is 8.26. The second-order valence-corrected chi connectivity index (χ2v) is 3.43. The Morgan fingerprint density at radius 3 is 2.81 bits per heavy atom. The van der Waals surface area contributed by atoms with Crippen LogP contribution in [0.25, 0.3) is 0 Å². The van der Waals surface area contributed by atoms with Crippen LogP contribution < -0.4 is 5.32 Å². The Morgan fingerprint density at radius 1 is 1.56 bits per heavy atom. The van der Waals surface area contributed by atoms with Gasteiger partial charge in [0.25, 0.3) is 5.69 Å². The zero-order valence-corrected chi connectivity index (χ0v) is 9.02. The Morgan fingerprint density at radius 2 is 2.25 bits per heavy atom. The summed E-state index contributed by atoms with van der Waals surface area (Å²) in [5.74, 6) is -0.232. The van der Waals surface area contributed by atoms with Crippen LogP contribution in [0.5, 0.6) is 5.75 Å². The minimum absolute atomic E-state index is 0.00833. The maximum Gasteiger partial charge on any atom is 0.296 e. The van der Waals surface area contributed by atoms with Gasteiger partial charge in [-0.15, -0.1) is 11.6 Å². The number of aliphatic hydroxyl groups is 1. The highest BCUT2D eigenvalue weighted by molar-refractivity contribution is 6.18. The number of aromatic hydroxyl groups is 1. The van der Waals surface area contributed by atoms with Gasteiger partial charge in [-0.25, -0.2) is 0 Å². The van der Waals surface area contributed by atoms with Gasteiger partial charge in [0.05, 0.1) is 16.9 Å². The number of nitrogens with zero attached hydrogens (tertiary/aromatic N) is 1. The molecule has 0 fully saturated rings. The predicted octanol–water partition coefficient (Wildman–Crippen LogP) is 1.31. The van der Waals surface area contributed by atoms with Crippen molar-refractivity contribution in [2.24, 2.45) is 0 Å². The number of nitrogens with one attached hydrogen (secondary N) is 1. The Balaban J connectivity index is 2.88. The van der Waals surface area contributed by atoms with Crippen molar-refractivity contribution >= 4 is 23.0 Å². The molecule has 16 heavy (non-hydrogen) atoms. The Kier molecular flexibility index (Phi) is 4.33. The molecule has 0 spiro atoms. The number of nitro groups is 1. The van der Waals surface area contributed by atoms with E-state index in [-0.39, 0.29) is 29.5 Å². The van der Waals surface area contributed by atoms with Crippen molar-refractivity contribution in [3.8, 4) is 5.75 Å². The molecule has 1 rings (SSSR count). The van der Waals surface area contributed by atoms with Crippen LogP contribution in [0, 0.1) is 10.1 Å². The van der Waals surface area contributed by atoms with Crippen LogP contribution in [0.2, 0.25) is 0 Å². The highest BCUT2D eigenvalue weighted by Gasteiger charge is 2.17. The molecule has 0 saturated carbocycles. The third kappa shape index (κ3) is 2.98. The number of rotatable bonds is 5. The van der Waals surface area contributed by atoms with Crippen LogP contribution in [-0.4, -0.2) is 33.7 Å². The number of alkyl halides is 1. The van der Waals surface area contributed by atoms with Gasteiger partial charge < -0.3 is 15.5 Å². The summed E-state index contributed by atoms with van der Waals surface area (Å²) in [4.78, 5) is 10.0. The maximum atomic E-state index is 10.7. The Bertz CT molecular complexity index is 386. The molecule has 0 saturated heterocycles. The van der Waals surface area contributed by atoms with Crippen molar-refractivity contribution in [2.45, 2.75) is 6.10 Å². The predicted molar refractivity (Wildman–Crippen MR) is 60.0 cm³/mol. The molecule has 88 valence electrons. The molecule has 1 aromatic rings. The molecule has 1 aromatic carbocycles. The summed E-state index contributed by atoms with van der Waals surface area (Å²) in [6, 6.07) is 3.95. The number of phenols is 1. The lowest BCUT2D eigenvalue weighted by Crippen LogP contribution is -2.21. The molecule has 0 aliphatic heterocycles. The number of phenolic OH excluding ortho intramolecular Hbond substituents is 1. The fourth-order valence-corrected chi connectivity index (χ4v) is 1.25. The number of benzene rings is 1. The quantitative estimate of drug-likeness (QED) is 0.315. The third-order valence-electron chi connectivity index (χ3n) is 1.91. The molecule has 0 aliphatic rings. The van der Waals surface area contributed by atoms with Crippen molar-refractivity contribution in [1.29, 1.82) is 0 Å². The van der Waals surface area contributed by atoms with E-state index in [1.807, 2.05) is 0 Å². The van der Waals surface area contributed by atoms with E-state index in [9.17, 15) is 20.3 Å². The number of hydrogen-bond acceptors (Lipinski definition) is 5. The minimum Gasteiger partial charge on any atom is -0.506 e. The van der Waals surface area contributed by atoms with E-state index in [2.05, 4.69) is 5.32 Å². The lowest BCUT2D eigenvalue weighted by molar-refractivity contribution is -0.384. The van der Waals surface area contributed by atoms with Crippen molar-refractivity contribution < 1.29 is 15.1 Å². The van der Waals surface area contributed by atoms with E-state index in [1.54, 1.807) is 0 Å². The molecular weight excluding hydrogens is 236 g/mol. The summed E-state index contributed by atoms with van der Waals surface area (Å²) in [6.07, 6.45) is -0.833. The molecule has 6 nitrogen and oxygen atoms in total. The smallest absolute Gasteiger partial charge is 0.296 e. The van der Waals surface area contributed by atoms with E-state index in [4.69, 9.17) is 11.6 Å². The fraction of sp³-hybridized carbons (Fsp3) is 0.333. The summed E-state index contributed by atoms with van der Waals surface area (Å²) in [5.41, 5.74) is -0.265. The second-order valence-electron chi connectivity index (χ2n) is 3.12. The van der Waals surface area contributed by atoms with Crippen molar-refractivity contribution in [3.05, 3.63) is 28.3 Å². The third-order valence-corrected chi connectivity index (χ3v) is 2.27. The first kappa shape index (κ1) is 12.5. The molecule has 0 aromatic heterocycles. The van der Waals surface area contributed by atoms with Gasteiger partial charge in [0.15, 0.2) is 5.69 Å². The summed E-state index contributed by atoms with van der Waals surface area (Å²) < 4.78 is 0. The normalized spacial score (nSPS) is 12.1. The first-order valence-corrected chi connectivity index (χ1v) is 5.04. The van der Waals surface area contributed by atoms with Gasteiger partial charge in [0.2, 0.25) is 0 Å². The van der Waals surface area contributed by atoms with Crippen molar-refractivity contribution in [3.63, 3.8) is 0 Å². The SMILES string of the molecule is O=[N+]([O-])c1cccc(O)c1NCC(O)CCl. The number of halogens is 1. The van der Waals surface area contributed by atoms with Crippen molar-refractivity contribution in [2.75, 3.05) is 17.7 Å². The van der Waals surface area contributed by atoms with Gasteiger partial charge in [-0.05, 0) is 6.07 Å². The average molecular weight is 247 g/mol. The second kappa shape index (κ2) is 5.53.